The van der Waals surface area contributed by atoms with Crippen LogP contribution in [0.25, 0.3) is 11.3 Å². The number of H-pyrrole nitrogens is 1. The molecule has 0 amide bonds. The van der Waals surface area contributed by atoms with Crippen molar-refractivity contribution in [3.63, 3.8) is 0 Å². The lowest BCUT2D eigenvalue weighted by Gasteiger charge is -2.23. The molecule has 0 spiro atoms. The van der Waals surface area contributed by atoms with Crippen LogP contribution >= 0.6 is 0 Å². The highest BCUT2D eigenvalue weighted by atomic mass is 32.2. The Labute approximate surface area is 115 Å². The summed E-state index contributed by atoms with van der Waals surface area (Å²) in [5.41, 5.74) is 3.29. The SMILES string of the molecule is O=S1CCC(Nc2ccc(-c3ccn[nH]3)cc2)CC1. The van der Waals surface area contributed by atoms with Gasteiger partial charge >= 0.3 is 0 Å². The first-order valence-corrected chi connectivity index (χ1v) is 8.01. The van der Waals surface area contributed by atoms with E-state index in [1.807, 2.05) is 6.07 Å². The molecule has 1 saturated heterocycles. The van der Waals surface area contributed by atoms with Crippen LogP contribution < -0.4 is 5.32 Å². The van der Waals surface area contributed by atoms with Crippen LogP contribution in [0.3, 0.4) is 0 Å². The predicted octanol–water partition coefficient (Wildman–Crippen LogP) is 2.40. The molecule has 0 bridgehead atoms. The molecule has 1 aliphatic heterocycles. The Hall–Kier alpha value is -1.62. The Balaban J connectivity index is 1.65. The number of hydrogen-bond acceptors (Lipinski definition) is 3. The van der Waals surface area contributed by atoms with Gasteiger partial charge < -0.3 is 5.32 Å². The molecule has 2 N–H and O–H groups in total. The number of nitrogens with one attached hydrogen (secondary N) is 2. The summed E-state index contributed by atoms with van der Waals surface area (Å²) < 4.78 is 11.3. The van der Waals surface area contributed by atoms with Crippen molar-refractivity contribution in [1.29, 1.82) is 0 Å². The molecule has 0 aliphatic carbocycles. The quantitative estimate of drug-likeness (QED) is 0.904. The van der Waals surface area contributed by atoms with E-state index in [-0.39, 0.29) is 0 Å². The van der Waals surface area contributed by atoms with Gasteiger partial charge in [-0.3, -0.25) is 9.31 Å². The predicted molar refractivity (Wildman–Crippen MR) is 78.5 cm³/mol. The van der Waals surface area contributed by atoms with Crippen molar-refractivity contribution in [2.75, 3.05) is 16.8 Å². The van der Waals surface area contributed by atoms with Crippen molar-refractivity contribution < 1.29 is 4.21 Å². The molecule has 0 atom stereocenters. The van der Waals surface area contributed by atoms with Gasteiger partial charge in [0.15, 0.2) is 0 Å². The third-order valence-electron chi connectivity index (χ3n) is 3.46. The van der Waals surface area contributed by atoms with E-state index in [0.29, 0.717) is 6.04 Å². The standard InChI is InChI=1S/C14H17N3OS/c18-19-9-6-13(7-10-19)16-12-3-1-11(2-4-12)14-5-8-15-17-14/h1-5,8,13,16H,6-7,9-10H2,(H,15,17). The third-order valence-corrected chi connectivity index (χ3v) is 4.84. The summed E-state index contributed by atoms with van der Waals surface area (Å²) in [6, 6.07) is 10.7. The van der Waals surface area contributed by atoms with Gasteiger partial charge in [-0.15, -0.1) is 0 Å². The van der Waals surface area contributed by atoms with Gasteiger partial charge in [-0.2, -0.15) is 5.10 Å². The number of aromatic nitrogens is 2. The summed E-state index contributed by atoms with van der Waals surface area (Å²) >= 11 is 0. The molecule has 1 aromatic carbocycles. The molecule has 0 saturated carbocycles. The highest BCUT2D eigenvalue weighted by molar-refractivity contribution is 7.85. The molecule has 3 rings (SSSR count). The second-order valence-corrected chi connectivity index (χ2v) is 6.51. The zero-order chi connectivity index (χ0) is 13.1. The van der Waals surface area contributed by atoms with Crippen molar-refractivity contribution >= 4 is 16.5 Å². The monoisotopic (exact) mass is 275 g/mol. The highest BCUT2D eigenvalue weighted by Crippen LogP contribution is 2.21. The normalized spacial score (nSPS) is 23.2. The van der Waals surface area contributed by atoms with Crippen molar-refractivity contribution in [2.24, 2.45) is 0 Å². The Kier molecular flexibility index (Phi) is 3.64. The van der Waals surface area contributed by atoms with Crippen LogP contribution in [0.2, 0.25) is 0 Å². The summed E-state index contributed by atoms with van der Waals surface area (Å²) in [4.78, 5) is 0. The maximum atomic E-state index is 11.3. The lowest BCUT2D eigenvalue weighted by atomic mass is 10.1. The van der Waals surface area contributed by atoms with E-state index < -0.39 is 10.8 Å². The van der Waals surface area contributed by atoms with Crippen LogP contribution in [0.1, 0.15) is 12.8 Å². The van der Waals surface area contributed by atoms with Gasteiger partial charge in [-0.05, 0) is 36.6 Å². The minimum Gasteiger partial charge on any atom is -0.382 e. The number of rotatable bonds is 3. The Morgan fingerprint density at radius 3 is 2.53 bits per heavy atom. The highest BCUT2D eigenvalue weighted by Gasteiger charge is 2.17. The summed E-state index contributed by atoms with van der Waals surface area (Å²) in [6.07, 6.45) is 3.74. The molecule has 0 unspecified atom stereocenters. The van der Waals surface area contributed by atoms with E-state index in [2.05, 4.69) is 39.8 Å². The van der Waals surface area contributed by atoms with Crippen LogP contribution in [0, 0.1) is 0 Å². The largest absolute Gasteiger partial charge is 0.382 e. The van der Waals surface area contributed by atoms with Crippen LogP contribution in [0.5, 0.6) is 0 Å². The Morgan fingerprint density at radius 2 is 1.89 bits per heavy atom. The molecule has 2 heterocycles. The van der Waals surface area contributed by atoms with Crippen LogP contribution in [-0.2, 0) is 10.8 Å². The Morgan fingerprint density at radius 1 is 1.16 bits per heavy atom. The first-order valence-electron chi connectivity index (χ1n) is 6.52. The van der Waals surface area contributed by atoms with E-state index in [4.69, 9.17) is 0 Å². The fourth-order valence-electron chi connectivity index (χ4n) is 2.34. The molecular weight excluding hydrogens is 258 g/mol. The van der Waals surface area contributed by atoms with E-state index >= 15 is 0 Å². The average molecular weight is 275 g/mol. The molecule has 5 heteroatoms. The third kappa shape index (κ3) is 3.04. The minimum absolute atomic E-state index is 0.454. The number of anilines is 1. The van der Waals surface area contributed by atoms with Crippen LogP contribution in [-0.4, -0.2) is 32.0 Å². The van der Waals surface area contributed by atoms with Gasteiger partial charge in [0, 0.05) is 40.2 Å². The van der Waals surface area contributed by atoms with Gasteiger partial charge in [-0.25, -0.2) is 0 Å². The van der Waals surface area contributed by atoms with E-state index in [1.165, 1.54) is 0 Å². The minimum atomic E-state index is -0.594. The van der Waals surface area contributed by atoms with E-state index in [0.717, 1.165) is 41.3 Å². The number of aromatic amines is 1. The van der Waals surface area contributed by atoms with Gasteiger partial charge in [0.05, 0.1) is 5.69 Å². The van der Waals surface area contributed by atoms with Gasteiger partial charge in [0.2, 0.25) is 0 Å². The number of benzene rings is 1. The summed E-state index contributed by atoms with van der Waals surface area (Å²) in [7, 11) is -0.594. The maximum Gasteiger partial charge on any atom is 0.0650 e. The number of nitrogens with zero attached hydrogens (tertiary/aromatic N) is 1. The zero-order valence-electron chi connectivity index (χ0n) is 10.6. The van der Waals surface area contributed by atoms with Crippen molar-refractivity contribution in [2.45, 2.75) is 18.9 Å². The van der Waals surface area contributed by atoms with Crippen molar-refractivity contribution in [1.82, 2.24) is 10.2 Å². The summed E-state index contributed by atoms with van der Waals surface area (Å²) in [6.45, 7) is 0. The average Bonchev–Trinajstić information content (AvgIpc) is 2.96. The first kappa shape index (κ1) is 12.4. The topological polar surface area (TPSA) is 57.8 Å². The van der Waals surface area contributed by atoms with Crippen molar-refractivity contribution in [3.8, 4) is 11.3 Å². The van der Waals surface area contributed by atoms with Crippen LogP contribution in [0.4, 0.5) is 5.69 Å². The molecular formula is C14H17N3OS. The van der Waals surface area contributed by atoms with Gasteiger partial charge in [0.1, 0.15) is 0 Å². The second-order valence-electron chi connectivity index (χ2n) is 4.81. The summed E-state index contributed by atoms with van der Waals surface area (Å²) in [5.74, 6) is 1.65. The van der Waals surface area contributed by atoms with Gasteiger partial charge in [-0.1, -0.05) is 12.1 Å². The molecule has 2 aromatic rings. The number of hydrogen-bond donors (Lipinski definition) is 2. The van der Waals surface area contributed by atoms with E-state index in [9.17, 15) is 4.21 Å². The second kappa shape index (κ2) is 5.57. The molecule has 19 heavy (non-hydrogen) atoms. The lowest BCUT2D eigenvalue weighted by Crippen LogP contribution is -2.29. The maximum absolute atomic E-state index is 11.3. The van der Waals surface area contributed by atoms with Crippen molar-refractivity contribution in [3.05, 3.63) is 36.5 Å². The Bertz CT molecular complexity index is 541. The summed E-state index contributed by atoms with van der Waals surface area (Å²) in [5, 5.41) is 10.4. The molecule has 1 aromatic heterocycles. The molecule has 0 radical (unpaired) electrons. The van der Waals surface area contributed by atoms with E-state index in [1.54, 1.807) is 6.20 Å². The smallest absolute Gasteiger partial charge is 0.0650 e. The molecule has 100 valence electrons. The van der Waals surface area contributed by atoms with Crippen LogP contribution in [0.15, 0.2) is 36.5 Å². The molecule has 1 fully saturated rings. The lowest BCUT2D eigenvalue weighted by molar-refractivity contribution is 0.624. The fourth-order valence-corrected chi connectivity index (χ4v) is 3.64. The zero-order valence-corrected chi connectivity index (χ0v) is 11.5. The fraction of sp³-hybridized carbons (Fsp3) is 0.357. The molecule has 1 aliphatic rings. The molecule has 4 nitrogen and oxygen atoms in total. The first-order chi connectivity index (χ1) is 9.31. The van der Waals surface area contributed by atoms with Gasteiger partial charge in [0.25, 0.3) is 0 Å².